The van der Waals surface area contributed by atoms with Gasteiger partial charge >= 0.3 is 21.0 Å². The average molecular weight is 866 g/mol. The van der Waals surface area contributed by atoms with E-state index in [1.54, 1.807) is 0 Å². The number of halogens is 16. The molecule has 7 aromatic rings. The van der Waals surface area contributed by atoms with E-state index in [1.165, 1.54) is 0 Å². The number of benzene rings is 4. The van der Waals surface area contributed by atoms with Gasteiger partial charge < -0.3 is 24.9 Å². The summed E-state index contributed by atoms with van der Waals surface area (Å²) in [6, 6.07) is 0.290. The first kappa shape index (κ1) is 38.4. The van der Waals surface area contributed by atoms with Crippen molar-refractivity contribution in [2.75, 3.05) is 0 Å². The number of rotatable bonds is 0. The van der Waals surface area contributed by atoms with Gasteiger partial charge in [-0.05, 0) is 17.2 Å². The zero-order chi connectivity index (χ0) is 42.1. The Labute approximate surface area is 314 Å². The molecule has 291 valence electrons. The second kappa shape index (κ2) is 13.1. The molecule has 2 aliphatic heterocycles. The van der Waals surface area contributed by atoms with Crippen LogP contribution in [0.4, 0.5) is 70.2 Å². The third-order valence-electron chi connectivity index (χ3n) is 8.71. The molecule has 0 radical (unpaired) electrons. The van der Waals surface area contributed by atoms with Crippen LogP contribution in [0.2, 0.25) is 0 Å². The summed E-state index contributed by atoms with van der Waals surface area (Å²) < 4.78 is 248. The number of aromatic nitrogens is 7. The van der Waals surface area contributed by atoms with Gasteiger partial charge in [0, 0.05) is 38.4 Å². The van der Waals surface area contributed by atoms with Crippen molar-refractivity contribution in [3.8, 4) is 45.4 Å². The minimum absolute atomic E-state index is 0.290. The molecule has 8 nitrogen and oxygen atoms in total. The molecule has 25 heteroatoms. The Kier molecular flexibility index (Phi) is 8.65. The minimum atomic E-state index is -2.54. The second-order valence-corrected chi connectivity index (χ2v) is 11.7. The van der Waals surface area contributed by atoms with Crippen LogP contribution in [-0.2, 0) is 21.0 Å². The van der Waals surface area contributed by atoms with Gasteiger partial charge in [0.15, 0.2) is 93.1 Å². The predicted molar refractivity (Wildman–Crippen MR) is 156 cm³/mol. The van der Waals surface area contributed by atoms with Crippen LogP contribution in [-0.4, -0.2) is 24.9 Å². The molecule has 4 aromatic carbocycles. The molecule has 0 saturated heterocycles. The number of nitrogens with zero attached hydrogens (tertiary/aromatic N) is 7. The van der Waals surface area contributed by atoms with Crippen molar-refractivity contribution in [3.05, 3.63) is 99.1 Å². The van der Waals surface area contributed by atoms with Crippen molar-refractivity contribution >= 4 is 44.0 Å². The normalized spacial score (nSPS) is 12.0. The van der Waals surface area contributed by atoms with Crippen molar-refractivity contribution in [2.24, 2.45) is 0 Å². The van der Waals surface area contributed by atoms with Gasteiger partial charge in [-0.25, -0.2) is 80.2 Å². The fourth-order valence-corrected chi connectivity index (χ4v) is 6.27. The van der Waals surface area contributed by atoms with E-state index in [9.17, 15) is 35.1 Å². The van der Waals surface area contributed by atoms with E-state index in [1.807, 2.05) is 0 Å². The number of hydrogen-bond acceptors (Lipinski definition) is 6. The van der Waals surface area contributed by atoms with E-state index in [0.29, 0.717) is 0 Å². The van der Waals surface area contributed by atoms with Gasteiger partial charge in [-0.2, -0.15) is 0 Å². The fraction of sp³-hybridized carbons (Fsp3) is 0. The Balaban J connectivity index is 0.00000231. The third kappa shape index (κ3) is 4.96. The molecule has 2 aliphatic rings. The molecule has 0 atom stereocenters. The zero-order valence-corrected chi connectivity index (χ0v) is 28.0. The summed E-state index contributed by atoms with van der Waals surface area (Å²) in [4.78, 5) is 25.1. The number of fused-ring (bicyclic) bond motifs is 20. The average Bonchev–Trinajstić information content (AvgIpc) is 3.96. The third-order valence-corrected chi connectivity index (χ3v) is 8.71. The molecule has 3 aromatic heterocycles. The van der Waals surface area contributed by atoms with Gasteiger partial charge in [0.05, 0.1) is 39.9 Å². The molecule has 58 heavy (non-hydrogen) atoms. The van der Waals surface area contributed by atoms with Crippen LogP contribution in [0.25, 0.3) is 89.4 Å². The molecular weight excluding hydrogens is 865 g/mol. The summed E-state index contributed by atoms with van der Waals surface area (Å²) in [5.74, 6) is -42.8. The first-order chi connectivity index (χ1) is 27.4. The Morgan fingerprint density at radius 2 is 0.621 bits per heavy atom. The van der Waals surface area contributed by atoms with Crippen LogP contribution in [0.1, 0.15) is 0 Å². The Morgan fingerprint density at radius 3 is 1.03 bits per heavy atom. The topological polar surface area (TPSA) is 110 Å². The van der Waals surface area contributed by atoms with E-state index in [-0.39, 0.29) is 6.07 Å². The van der Waals surface area contributed by atoms with Crippen molar-refractivity contribution in [1.29, 1.82) is 0 Å². The standard InChI is InChI=1S/C33HF16N7.O.V/c34-12-4-2-1-3-5-7(15(37)23(45)21(43)13(5)35)29(51-3)53-31-9-11(19(41)27(49)25(47)17(9)39)33(55-31)56-32-10-8(16(38)24(46)26(48)18(10)40)30(54-32)52-28(50-2)6(4)14(36)22(44)20(12)42;;/h1H;;/q-2;;+2. The quantitative estimate of drug-likeness (QED) is 0.0846. The SMILES string of the molecule is Fc1c(F)c(F)c2c(c1F)-c1cc3[n-]c(nc4nc(nc5[n-]c(nc-2n1)c1c(F)c(F)c(F)c(F)c51)-c1c(F)c(F)c(F)c(F)c1-4)c1c(F)c(F)c(F)c(F)c31.[O]=[V+2]. The Hall–Kier alpha value is -6.43. The first-order valence-electron chi connectivity index (χ1n) is 14.9. The second-order valence-electron chi connectivity index (χ2n) is 11.7. The molecule has 0 unspecified atom stereocenters. The first-order valence-corrected chi connectivity index (χ1v) is 15.5. The van der Waals surface area contributed by atoms with Crippen LogP contribution >= 0.6 is 0 Å². The molecule has 0 aliphatic carbocycles. The van der Waals surface area contributed by atoms with E-state index < -0.39 is 182 Å². The van der Waals surface area contributed by atoms with Crippen LogP contribution in [0.15, 0.2) is 6.07 Å². The Bertz CT molecular complexity index is 2850. The van der Waals surface area contributed by atoms with Gasteiger partial charge in [0.2, 0.25) is 0 Å². The van der Waals surface area contributed by atoms with E-state index in [0.717, 1.165) is 17.4 Å². The Morgan fingerprint density at radius 1 is 0.328 bits per heavy atom. The van der Waals surface area contributed by atoms with Crippen molar-refractivity contribution in [2.45, 2.75) is 0 Å². The van der Waals surface area contributed by atoms with E-state index in [2.05, 4.69) is 34.9 Å². The van der Waals surface area contributed by atoms with E-state index in [4.69, 9.17) is 3.67 Å². The summed E-state index contributed by atoms with van der Waals surface area (Å²) in [5.41, 5.74) is -12.4. The molecule has 9 rings (SSSR count). The maximum atomic E-state index is 15.4. The number of hydrogen-bond donors (Lipinski definition) is 0. The monoisotopic (exact) mass is 866 g/mol. The van der Waals surface area contributed by atoms with Crippen LogP contribution in [0.5, 0.6) is 0 Å². The van der Waals surface area contributed by atoms with Crippen molar-refractivity contribution < 1.29 is 91.3 Å². The molecule has 0 spiro atoms. The summed E-state index contributed by atoms with van der Waals surface area (Å²) >= 11 is 1.06. The van der Waals surface area contributed by atoms with Gasteiger partial charge in [-0.15, -0.1) is 0 Å². The van der Waals surface area contributed by atoms with Crippen LogP contribution in [0.3, 0.4) is 0 Å². The molecule has 0 fully saturated rings. The fourth-order valence-electron chi connectivity index (χ4n) is 6.27. The summed E-state index contributed by atoms with van der Waals surface area (Å²) in [6.45, 7) is 0. The summed E-state index contributed by atoms with van der Waals surface area (Å²) in [7, 11) is 0. The summed E-state index contributed by atoms with van der Waals surface area (Å²) in [6.07, 6.45) is 0. The van der Waals surface area contributed by atoms with Gasteiger partial charge in [-0.3, -0.25) is 0 Å². The molecule has 0 N–H and O–H groups in total. The molecule has 5 heterocycles. The molecule has 0 saturated carbocycles. The molecule has 8 bridgehead atoms. The molecule has 0 amide bonds. The van der Waals surface area contributed by atoms with Gasteiger partial charge in [0.1, 0.15) is 0 Å². The van der Waals surface area contributed by atoms with Crippen molar-refractivity contribution in [3.63, 3.8) is 0 Å². The maximum absolute atomic E-state index is 15.4. The summed E-state index contributed by atoms with van der Waals surface area (Å²) in [5, 5.41) is -5.86. The van der Waals surface area contributed by atoms with Gasteiger partial charge in [0.25, 0.3) is 0 Å². The predicted octanol–water partition coefficient (Wildman–Crippen LogP) is 8.84. The van der Waals surface area contributed by atoms with Crippen molar-refractivity contribution in [1.82, 2.24) is 34.9 Å². The van der Waals surface area contributed by atoms with E-state index >= 15 is 35.1 Å². The van der Waals surface area contributed by atoms with Crippen LogP contribution in [0, 0.1) is 93.1 Å². The molecular formula is C33HF16N7OV. The van der Waals surface area contributed by atoms with Crippen LogP contribution < -0.4 is 9.97 Å². The zero-order valence-electron chi connectivity index (χ0n) is 26.6. The van der Waals surface area contributed by atoms with Gasteiger partial charge in [-0.1, -0.05) is 0 Å².